The van der Waals surface area contributed by atoms with Crippen molar-refractivity contribution in [3.8, 4) is 0 Å². The van der Waals surface area contributed by atoms with Crippen molar-refractivity contribution in [2.24, 2.45) is 0 Å². The molecule has 0 aliphatic carbocycles. The highest BCUT2D eigenvalue weighted by Gasteiger charge is 2.13. The topological polar surface area (TPSA) is 109 Å². The van der Waals surface area contributed by atoms with Crippen LogP contribution in [0.2, 0.25) is 5.15 Å². The van der Waals surface area contributed by atoms with Crippen molar-refractivity contribution in [1.29, 1.82) is 0 Å². The van der Waals surface area contributed by atoms with Crippen LogP contribution >= 0.6 is 22.9 Å². The molecule has 0 radical (unpaired) electrons. The van der Waals surface area contributed by atoms with Gasteiger partial charge in [-0.25, -0.2) is 18.6 Å². The van der Waals surface area contributed by atoms with Gasteiger partial charge in [0.05, 0.1) is 5.38 Å². The molecule has 17 heavy (non-hydrogen) atoms. The van der Waals surface area contributed by atoms with Gasteiger partial charge in [-0.3, -0.25) is 0 Å². The summed E-state index contributed by atoms with van der Waals surface area (Å²) in [5.74, 6) is 0. The van der Waals surface area contributed by atoms with E-state index in [1.807, 2.05) is 16.6 Å². The lowest BCUT2D eigenvalue weighted by molar-refractivity contribution is -2.00. The SMILES string of the molecule is CCc1csc2ccc(Cl)n[n+]12.[O-][Cl+3]([O-])([O-])[O-]. The third-order valence-corrected chi connectivity index (χ3v) is 2.86. The van der Waals surface area contributed by atoms with Crippen LogP contribution in [0.4, 0.5) is 0 Å². The number of hydrogen-bond donors (Lipinski definition) is 0. The minimum Gasteiger partial charge on any atom is -0.222 e. The fourth-order valence-electron chi connectivity index (χ4n) is 1.10. The van der Waals surface area contributed by atoms with Crippen LogP contribution in [0.1, 0.15) is 12.6 Å². The highest BCUT2D eigenvalue weighted by molar-refractivity contribution is 7.15. The second kappa shape index (κ2) is 5.87. The van der Waals surface area contributed by atoms with E-state index in [-0.39, 0.29) is 0 Å². The molecule has 6 nitrogen and oxygen atoms in total. The lowest BCUT2D eigenvalue weighted by atomic mass is 10.4. The van der Waals surface area contributed by atoms with E-state index in [4.69, 9.17) is 30.2 Å². The Kier molecular flexibility index (Phi) is 5.02. The average Bonchev–Trinajstić information content (AvgIpc) is 2.57. The maximum atomic E-state index is 8.49. The molecule has 9 heteroatoms. The van der Waals surface area contributed by atoms with E-state index in [0.29, 0.717) is 5.15 Å². The van der Waals surface area contributed by atoms with Crippen LogP contribution in [0.3, 0.4) is 0 Å². The molecule has 0 spiro atoms. The summed E-state index contributed by atoms with van der Waals surface area (Å²) in [6.45, 7) is 2.11. The molecule has 2 aromatic heterocycles. The van der Waals surface area contributed by atoms with Gasteiger partial charge in [0.1, 0.15) is 0 Å². The molecule has 94 valence electrons. The van der Waals surface area contributed by atoms with Gasteiger partial charge < -0.3 is 0 Å². The summed E-state index contributed by atoms with van der Waals surface area (Å²) in [5.41, 5.74) is 1.21. The average molecular weight is 299 g/mol. The number of nitrogens with zero attached hydrogens (tertiary/aromatic N) is 2. The highest BCUT2D eigenvalue weighted by Crippen LogP contribution is 2.10. The van der Waals surface area contributed by atoms with Gasteiger partial charge in [-0.2, -0.15) is 0 Å². The van der Waals surface area contributed by atoms with E-state index in [1.165, 1.54) is 5.69 Å². The molecule has 0 saturated heterocycles. The fourth-order valence-corrected chi connectivity index (χ4v) is 2.16. The molecular formula is C8H8Cl2N2O4S. The van der Waals surface area contributed by atoms with Crippen LogP contribution in [0.5, 0.6) is 0 Å². The Morgan fingerprint density at radius 2 is 1.94 bits per heavy atom. The molecule has 2 rings (SSSR count). The smallest absolute Gasteiger partial charge is 0.222 e. The summed E-state index contributed by atoms with van der Waals surface area (Å²) in [5, 5.41) is 6.85. The standard InChI is InChI=1S/C8H8ClN2S.ClHO4/c1-2-6-5-12-8-4-3-7(9)10-11(6)8;2-1(3,4)5/h3-5H,2H2,1H3;(H,2,3,4,5)/q+1;/p-1. The van der Waals surface area contributed by atoms with Crippen LogP contribution in [-0.4, -0.2) is 5.10 Å². The van der Waals surface area contributed by atoms with E-state index < -0.39 is 10.2 Å². The first-order chi connectivity index (χ1) is 7.81. The lowest BCUT2D eigenvalue weighted by Crippen LogP contribution is -2.68. The van der Waals surface area contributed by atoms with E-state index in [9.17, 15) is 0 Å². The molecule has 0 aliphatic heterocycles. The number of aryl methyl sites for hydroxylation is 1. The summed E-state index contributed by atoms with van der Waals surface area (Å²) in [6, 6.07) is 3.80. The first kappa shape index (κ1) is 14.5. The number of rotatable bonds is 1. The van der Waals surface area contributed by atoms with Crippen LogP contribution in [0.15, 0.2) is 17.5 Å². The summed E-state index contributed by atoms with van der Waals surface area (Å²) in [4.78, 5) is 1.14. The summed E-state index contributed by atoms with van der Waals surface area (Å²) in [6.07, 6.45) is 0.984. The predicted molar refractivity (Wildman–Crippen MR) is 49.7 cm³/mol. The van der Waals surface area contributed by atoms with Crippen molar-refractivity contribution >= 4 is 27.8 Å². The molecule has 0 saturated carbocycles. The van der Waals surface area contributed by atoms with E-state index in [1.54, 1.807) is 11.3 Å². The van der Waals surface area contributed by atoms with Crippen molar-refractivity contribution < 1.29 is 33.4 Å². The number of thiazole rings is 1. The third-order valence-electron chi connectivity index (χ3n) is 1.72. The van der Waals surface area contributed by atoms with Gasteiger partial charge in [-0.05, 0) is 10.6 Å². The second-order valence-corrected chi connectivity index (χ2v) is 4.90. The molecule has 0 atom stereocenters. The third kappa shape index (κ3) is 5.09. The molecule has 0 amide bonds. The molecule has 0 unspecified atom stereocenters. The lowest BCUT2D eigenvalue weighted by Gasteiger charge is -2.17. The molecular weight excluding hydrogens is 291 g/mol. The quantitative estimate of drug-likeness (QED) is 0.534. The van der Waals surface area contributed by atoms with Crippen LogP contribution in [0, 0.1) is 10.2 Å². The molecule has 2 aromatic rings. The van der Waals surface area contributed by atoms with Gasteiger partial charge in [0, 0.05) is 17.6 Å². The summed E-state index contributed by atoms with van der Waals surface area (Å²) in [7, 11) is -4.94. The molecule has 0 aromatic carbocycles. The van der Waals surface area contributed by atoms with Crippen LogP contribution < -0.4 is 23.2 Å². The zero-order chi connectivity index (χ0) is 13.1. The van der Waals surface area contributed by atoms with Crippen LogP contribution in [-0.2, 0) is 6.42 Å². The first-order valence-corrected chi connectivity index (χ1v) is 6.87. The summed E-state index contributed by atoms with van der Waals surface area (Å²) >= 11 is 7.47. The Morgan fingerprint density at radius 1 is 1.35 bits per heavy atom. The molecule has 2 heterocycles. The zero-order valence-electron chi connectivity index (χ0n) is 8.63. The van der Waals surface area contributed by atoms with Crippen molar-refractivity contribution in [2.45, 2.75) is 13.3 Å². The number of hydrogen-bond acceptors (Lipinski definition) is 6. The van der Waals surface area contributed by atoms with Gasteiger partial charge in [-0.15, -0.1) is 10.2 Å². The minimum atomic E-state index is -4.94. The van der Waals surface area contributed by atoms with E-state index in [0.717, 1.165) is 11.3 Å². The Morgan fingerprint density at radius 3 is 2.47 bits per heavy atom. The maximum Gasteiger partial charge on any atom is 0.294 e. The van der Waals surface area contributed by atoms with Gasteiger partial charge in [-0.1, -0.05) is 29.9 Å². The zero-order valence-corrected chi connectivity index (χ0v) is 11.0. The monoisotopic (exact) mass is 298 g/mol. The highest BCUT2D eigenvalue weighted by atomic mass is 35.7. The molecule has 0 aliphatic rings. The van der Waals surface area contributed by atoms with Crippen molar-refractivity contribution in [3.05, 3.63) is 28.4 Å². The second-order valence-electron chi connectivity index (χ2n) is 2.86. The number of aromatic nitrogens is 2. The molecule has 0 bridgehead atoms. The fraction of sp³-hybridized carbons (Fsp3) is 0.250. The van der Waals surface area contributed by atoms with Gasteiger partial charge >= 0.3 is 0 Å². The molecule has 0 fully saturated rings. The Hall–Kier alpha value is -0.540. The van der Waals surface area contributed by atoms with Crippen LogP contribution in [0.25, 0.3) is 4.83 Å². The number of fused-ring (bicyclic) bond motifs is 1. The van der Waals surface area contributed by atoms with E-state index in [2.05, 4.69) is 17.4 Å². The molecule has 0 N–H and O–H groups in total. The minimum absolute atomic E-state index is 0.542. The van der Waals surface area contributed by atoms with Gasteiger partial charge in [0.25, 0.3) is 4.83 Å². The predicted octanol–water partition coefficient (Wildman–Crippen LogP) is -2.66. The first-order valence-electron chi connectivity index (χ1n) is 4.38. The van der Waals surface area contributed by atoms with Gasteiger partial charge in [0.2, 0.25) is 5.69 Å². The van der Waals surface area contributed by atoms with Crippen molar-refractivity contribution in [2.75, 3.05) is 0 Å². The normalized spacial score (nSPS) is 11.2. The Balaban J connectivity index is 0.000000249. The maximum absolute atomic E-state index is 8.49. The van der Waals surface area contributed by atoms with E-state index >= 15 is 0 Å². The summed E-state index contributed by atoms with van der Waals surface area (Å²) < 4.78 is 35.9. The number of halogens is 2. The Labute approximate surface area is 108 Å². The largest absolute Gasteiger partial charge is 0.294 e. The van der Waals surface area contributed by atoms with Crippen molar-refractivity contribution in [1.82, 2.24) is 5.10 Å². The Bertz CT molecular complexity index is 494. The van der Waals surface area contributed by atoms with Gasteiger partial charge in [0.15, 0.2) is 5.15 Å². The van der Waals surface area contributed by atoms with Crippen molar-refractivity contribution in [3.63, 3.8) is 0 Å².